The topological polar surface area (TPSA) is 80.6 Å². The molecule has 0 radical (unpaired) electrons. The van der Waals surface area contributed by atoms with Crippen LogP contribution in [0.15, 0.2) is 103 Å². The van der Waals surface area contributed by atoms with Crippen LogP contribution in [-0.4, -0.2) is 22.4 Å². The van der Waals surface area contributed by atoms with Gasteiger partial charge < -0.3 is 9.30 Å². The third-order valence-corrected chi connectivity index (χ3v) is 7.61. The summed E-state index contributed by atoms with van der Waals surface area (Å²) in [7, 11) is 0. The van der Waals surface area contributed by atoms with Gasteiger partial charge in [-0.3, -0.25) is 14.9 Å². The first-order chi connectivity index (χ1) is 20.8. The van der Waals surface area contributed by atoms with Gasteiger partial charge in [-0.15, -0.1) is 0 Å². The molecule has 5 aromatic rings. The van der Waals surface area contributed by atoms with Gasteiger partial charge in [0.15, 0.2) is 0 Å². The molecule has 0 atom stereocenters. The van der Waals surface area contributed by atoms with Crippen LogP contribution in [0.1, 0.15) is 16.8 Å². The van der Waals surface area contributed by atoms with Crippen LogP contribution < -0.4 is 15.0 Å². The second-order valence-corrected chi connectivity index (χ2v) is 10.6. The number of urea groups is 1. The molecule has 1 N–H and O–H groups in total. The summed E-state index contributed by atoms with van der Waals surface area (Å²) in [6.45, 7) is 0.348. The molecule has 6 rings (SSSR count). The normalized spacial score (nSPS) is 14.4. The zero-order chi connectivity index (χ0) is 30.1. The van der Waals surface area contributed by atoms with E-state index in [1.54, 1.807) is 60.7 Å². The molecule has 0 spiro atoms. The van der Waals surface area contributed by atoms with Crippen LogP contribution in [0.25, 0.3) is 17.0 Å². The fraction of sp³-hybridized carbons (Fsp3) is 0.0606. The molecule has 0 saturated carbocycles. The third-order valence-electron chi connectivity index (χ3n) is 7.03. The summed E-state index contributed by atoms with van der Waals surface area (Å²) in [6, 6.07) is 26.2. The minimum Gasteiger partial charge on any atom is -0.489 e. The third kappa shape index (κ3) is 5.75. The number of benzene rings is 4. The molecule has 4 amide bonds. The number of carbonyl (C=O) groups is 3. The Morgan fingerprint density at radius 2 is 1.58 bits per heavy atom. The highest BCUT2D eigenvalue weighted by Crippen LogP contribution is 2.28. The number of imide groups is 2. The van der Waals surface area contributed by atoms with Gasteiger partial charge in [-0.05, 0) is 60.7 Å². The summed E-state index contributed by atoms with van der Waals surface area (Å²) in [6.07, 6.45) is 1.42. The van der Waals surface area contributed by atoms with E-state index >= 15 is 0 Å². The van der Waals surface area contributed by atoms with Gasteiger partial charge in [-0.25, -0.2) is 14.1 Å². The van der Waals surface area contributed by atoms with Gasteiger partial charge in [0.25, 0.3) is 11.8 Å². The highest BCUT2D eigenvalue weighted by molar-refractivity contribution is 6.39. The Morgan fingerprint density at radius 3 is 2.35 bits per heavy atom. The number of nitrogens with zero attached hydrogens (tertiary/aromatic N) is 2. The van der Waals surface area contributed by atoms with Crippen molar-refractivity contribution in [3.8, 4) is 5.75 Å². The Hall–Kier alpha value is -4.92. The molecule has 43 heavy (non-hydrogen) atoms. The maximum atomic E-state index is 14.6. The van der Waals surface area contributed by atoms with Crippen molar-refractivity contribution in [3.63, 3.8) is 0 Å². The Labute approximate surface area is 255 Å². The molecule has 0 aliphatic carbocycles. The van der Waals surface area contributed by atoms with Crippen LogP contribution in [-0.2, 0) is 22.7 Å². The van der Waals surface area contributed by atoms with Crippen molar-refractivity contribution in [3.05, 3.63) is 135 Å². The summed E-state index contributed by atoms with van der Waals surface area (Å²) in [5.74, 6) is -1.51. The van der Waals surface area contributed by atoms with Gasteiger partial charge in [0.1, 0.15) is 23.7 Å². The molecule has 4 aromatic carbocycles. The first-order valence-corrected chi connectivity index (χ1v) is 13.9. The lowest BCUT2D eigenvalue weighted by molar-refractivity contribution is -0.122. The van der Waals surface area contributed by atoms with E-state index in [2.05, 4.69) is 5.32 Å². The molecule has 2 heterocycles. The zero-order valence-electron chi connectivity index (χ0n) is 22.4. The molecule has 1 fully saturated rings. The Kier molecular flexibility index (Phi) is 7.71. The Bertz CT molecular complexity index is 1930. The van der Waals surface area contributed by atoms with Gasteiger partial charge in [0.2, 0.25) is 0 Å². The number of nitrogens with one attached hydrogen (secondary N) is 1. The number of halogens is 3. The number of amides is 4. The largest absolute Gasteiger partial charge is 0.489 e. The van der Waals surface area contributed by atoms with Crippen LogP contribution in [0, 0.1) is 5.82 Å². The number of ether oxygens (including phenoxy) is 1. The van der Waals surface area contributed by atoms with Crippen LogP contribution in [0.3, 0.4) is 0 Å². The molecule has 10 heteroatoms. The lowest BCUT2D eigenvalue weighted by Gasteiger charge is -2.26. The van der Waals surface area contributed by atoms with Gasteiger partial charge >= 0.3 is 6.03 Å². The van der Waals surface area contributed by atoms with Gasteiger partial charge in [-0.2, -0.15) is 0 Å². The first kappa shape index (κ1) is 28.2. The van der Waals surface area contributed by atoms with Crippen LogP contribution in [0.4, 0.5) is 14.9 Å². The van der Waals surface area contributed by atoms with Crippen molar-refractivity contribution in [2.24, 2.45) is 0 Å². The van der Waals surface area contributed by atoms with Crippen molar-refractivity contribution in [1.82, 2.24) is 9.88 Å². The van der Waals surface area contributed by atoms with Gasteiger partial charge in [0.05, 0.1) is 12.2 Å². The Morgan fingerprint density at radius 1 is 0.837 bits per heavy atom. The van der Waals surface area contributed by atoms with E-state index in [1.807, 2.05) is 34.9 Å². The van der Waals surface area contributed by atoms with Crippen LogP contribution in [0.5, 0.6) is 5.75 Å². The zero-order valence-corrected chi connectivity index (χ0v) is 23.9. The number of rotatable bonds is 7. The molecule has 1 saturated heterocycles. The minimum atomic E-state index is -0.874. The van der Waals surface area contributed by atoms with Gasteiger partial charge in [0, 0.05) is 37.8 Å². The maximum Gasteiger partial charge on any atom is 0.335 e. The SMILES string of the molecule is O=C1NC(=O)N(c2ccc(OCc3ccc(Cl)cc3Cl)cc2)C(=O)/C1=C/c1cc2ccccc2n1Cc1ccccc1F. The monoisotopic (exact) mass is 613 g/mol. The van der Waals surface area contributed by atoms with Gasteiger partial charge in [-0.1, -0.05) is 65.7 Å². The minimum absolute atomic E-state index is 0.167. The highest BCUT2D eigenvalue weighted by Gasteiger charge is 2.37. The van der Waals surface area contributed by atoms with Crippen molar-refractivity contribution in [2.45, 2.75) is 13.2 Å². The van der Waals surface area contributed by atoms with E-state index < -0.39 is 17.8 Å². The van der Waals surface area contributed by atoms with E-state index in [1.165, 1.54) is 12.1 Å². The number of fused-ring (bicyclic) bond motifs is 1. The average molecular weight is 614 g/mol. The predicted molar refractivity (Wildman–Crippen MR) is 164 cm³/mol. The number of aromatic nitrogens is 1. The number of para-hydroxylation sites is 1. The first-order valence-electron chi connectivity index (χ1n) is 13.2. The van der Waals surface area contributed by atoms with Crippen LogP contribution >= 0.6 is 23.2 Å². The molecule has 1 aromatic heterocycles. The fourth-order valence-electron chi connectivity index (χ4n) is 4.86. The summed E-state index contributed by atoms with van der Waals surface area (Å²) in [4.78, 5) is 40.2. The van der Waals surface area contributed by atoms with E-state index in [-0.39, 0.29) is 30.2 Å². The molecule has 1 aliphatic rings. The Balaban J connectivity index is 1.29. The lowest BCUT2D eigenvalue weighted by Crippen LogP contribution is -2.54. The second-order valence-electron chi connectivity index (χ2n) is 9.78. The number of barbiturate groups is 1. The maximum absolute atomic E-state index is 14.6. The van der Waals surface area contributed by atoms with E-state index in [4.69, 9.17) is 27.9 Å². The van der Waals surface area contributed by atoms with Crippen molar-refractivity contribution >= 4 is 63.7 Å². The highest BCUT2D eigenvalue weighted by atomic mass is 35.5. The summed E-state index contributed by atoms with van der Waals surface area (Å²) >= 11 is 12.2. The summed E-state index contributed by atoms with van der Waals surface area (Å²) in [5, 5.41) is 4.07. The van der Waals surface area contributed by atoms with E-state index in [9.17, 15) is 18.8 Å². The quantitative estimate of drug-likeness (QED) is 0.153. The number of hydrogen-bond donors (Lipinski definition) is 1. The predicted octanol–water partition coefficient (Wildman–Crippen LogP) is 7.38. The molecule has 0 bridgehead atoms. The van der Waals surface area contributed by atoms with Crippen molar-refractivity contribution < 1.29 is 23.5 Å². The molecule has 214 valence electrons. The fourth-order valence-corrected chi connectivity index (χ4v) is 5.32. The smallest absolute Gasteiger partial charge is 0.335 e. The van der Waals surface area contributed by atoms with Crippen LogP contribution in [0.2, 0.25) is 10.0 Å². The lowest BCUT2D eigenvalue weighted by atomic mass is 10.1. The van der Waals surface area contributed by atoms with E-state index in [0.29, 0.717) is 27.1 Å². The molecular weight excluding hydrogens is 592 g/mol. The number of carbonyl (C=O) groups excluding carboxylic acids is 3. The number of hydrogen-bond acceptors (Lipinski definition) is 4. The van der Waals surface area contributed by atoms with E-state index in [0.717, 1.165) is 21.4 Å². The average Bonchev–Trinajstić information content (AvgIpc) is 3.33. The molecular formula is C33H22Cl2FN3O4. The molecule has 0 unspecified atom stereocenters. The standard InChI is InChI=1S/C33H22Cl2FN3O4/c34-23-10-9-22(28(35)16-23)19-43-26-13-11-24(12-14-26)39-32(41)27(31(40)37-33(39)42)17-25-15-20-5-2-4-8-30(20)38(25)18-21-6-1-3-7-29(21)36/h1-17H,18-19H2,(H,37,40,42)/b27-17+. The summed E-state index contributed by atoms with van der Waals surface area (Å²) < 4.78 is 22.2. The second kappa shape index (κ2) is 11.8. The number of anilines is 1. The molecule has 7 nitrogen and oxygen atoms in total. The van der Waals surface area contributed by atoms with Crippen molar-refractivity contribution in [2.75, 3.05) is 4.90 Å². The van der Waals surface area contributed by atoms with Crippen molar-refractivity contribution in [1.29, 1.82) is 0 Å². The summed E-state index contributed by atoms with van der Waals surface area (Å²) in [5.41, 5.74) is 2.48. The molecule has 1 aliphatic heterocycles.